The van der Waals surface area contributed by atoms with Crippen LogP contribution in [0, 0.1) is 5.82 Å². The lowest BCUT2D eigenvalue weighted by molar-refractivity contribution is -0.151. The first-order chi connectivity index (χ1) is 10.1. The number of rotatable bonds is 7. The first-order valence-electron chi connectivity index (χ1n) is 7.72. The maximum atomic E-state index is 14.9. The van der Waals surface area contributed by atoms with Crippen LogP contribution in [0.2, 0.25) is 0 Å². The zero-order valence-corrected chi connectivity index (χ0v) is 13.2. The molecule has 118 valence electrons. The van der Waals surface area contributed by atoms with Gasteiger partial charge in [-0.15, -0.1) is 0 Å². The van der Waals surface area contributed by atoms with E-state index in [1.807, 2.05) is 6.07 Å². The van der Waals surface area contributed by atoms with Gasteiger partial charge in [-0.1, -0.05) is 44.4 Å². The maximum absolute atomic E-state index is 14.9. The largest absolute Gasteiger partial charge is 0.377 e. The second-order valence-electron chi connectivity index (χ2n) is 5.57. The summed E-state index contributed by atoms with van der Waals surface area (Å²) in [7, 11) is 1.63. The van der Waals surface area contributed by atoms with Crippen LogP contribution < -0.4 is 0 Å². The summed E-state index contributed by atoms with van der Waals surface area (Å²) < 4.78 is 31.5. The van der Waals surface area contributed by atoms with Gasteiger partial charge in [-0.2, -0.15) is 0 Å². The molecule has 0 radical (unpaired) electrons. The molecule has 1 aliphatic heterocycles. The lowest BCUT2D eigenvalue weighted by atomic mass is 9.97. The zero-order valence-electron chi connectivity index (χ0n) is 13.2. The minimum absolute atomic E-state index is 0.221. The molecule has 2 rings (SSSR count). The zero-order chi connectivity index (χ0) is 15.3. The Labute approximate surface area is 126 Å². The minimum Gasteiger partial charge on any atom is -0.377 e. The Kier molecular flexibility index (Phi) is 5.73. The molecule has 1 aliphatic rings. The highest BCUT2D eigenvalue weighted by atomic mass is 19.1. The van der Waals surface area contributed by atoms with E-state index >= 15 is 0 Å². The molecule has 0 spiro atoms. The summed E-state index contributed by atoms with van der Waals surface area (Å²) in [6.07, 6.45) is 3.90. The van der Waals surface area contributed by atoms with Gasteiger partial charge in [-0.3, -0.25) is 0 Å². The third kappa shape index (κ3) is 3.62. The van der Waals surface area contributed by atoms with Crippen LogP contribution in [0.25, 0.3) is 0 Å². The van der Waals surface area contributed by atoms with Crippen molar-refractivity contribution in [3.63, 3.8) is 0 Å². The van der Waals surface area contributed by atoms with Crippen LogP contribution >= 0.6 is 0 Å². The van der Waals surface area contributed by atoms with E-state index in [9.17, 15) is 4.39 Å². The van der Waals surface area contributed by atoms with E-state index in [0.717, 1.165) is 25.7 Å². The summed E-state index contributed by atoms with van der Waals surface area (Å²) in [5.41, 5.74) is 1.04. The van der Waals surface area contributed by atoms with Gasteiger partial charge in [0.15, 0.2) is 5.79 Å². The first kappa shape index (κ1) is 16.4. The molecule has 1 unspecified atom stereocenters. The van der Waals surface area contributed by atoms with Crippen LogP contribution in [0.4, 0.5) is 4.39 Å². The fourth-order valence-corrected chi connectivity index (χ4v) is 2.80. The SMILES string of the molecule is CCCCCC(OC)c1cccc(C2(C)OCCO2)c1F. The van der Waals surface area contributed by atoms with Crippen molar-refractivity contribution in [3.8, 4) is 0 Å². The summed E-state index contributed by atoms with van der Waals surface area (Å²) in [5, 5.41) is 0. The molecule has 0 saturated carbocycles. The number of unbranched alkanes of at least 4 members (excludes halogenated alkanes) is 2. The van der Waals surface area contributed by atoms with Crippen LogP contribution in [0.15, 0.2) is 18.2 Å². The molecule has 1 atom stereocenters. The molecule has 1 aromatic carbocycles. The van der Waals surface area contributed by atoms with Gasteiger partial charge in [-0.05, 0) is 13.3 Å². The molecule has 21 heavy (non-hydrogen) atoms. The average molecular weight is 296 g/mol. The van der Waals surface area contributed by atoms with E-state index in [-0.39, 0.29) is 11.9 Å². The number of hydrogen-bond acceptors (Lipinski definition) is 3. The Morgan fingerprint density at radius 3 is 2.62 bits per heavy atom. The molecule has 0 aliphatic carbocycles. The molecule has 1 saturated heterocycles. The van der Waals surface area contributed by atoms with Gasteiger partial charge in [0.05, 0.1) is 19.3 Å². The van der Waals surface area contributed by atoms with Gasteiger partial charge in [0, 0.05) is 18.2 Å². The lowest BCUT2D eigenvalue weighted by Gasteiger charge is -2.25. The smallest absolute Gasteiger partial charge is 0.194 e. The highest BCUT2D eigenvalue weighted by Gasteiger charge is 2.36. The van der Waals surface area contributed by atoms with E-state index < -0.39 is 5.79 Å². The number of halogens is 1. The van der Waals surface area contributed by atoms with Gasteiger partial charge in [0.1, 0.15) is 5.82 Å². The molecule has 0 amide bonds. The predicted molar refractivity (Wildman–Crippen MR) is 79.5 cm³/mol. The van der Waals surface area contributed by atoms with Crippen molar-refractivity contribution in [1.29, 1.82) is 0 Å². The second-order valence-corrected chi connectivity index (χ2v) is 5.57. The Hall–Kier alpha value is -0.970. The van der Waals surface area contributed by atoms with Crippen molar-refractivity contribution in [2.75, 3.05) is 20.3 Å². The molecule has 0 aromatic heterocycles. The Morgan fingerprint density at radius 2 is 2.00 bits per heavy atom. The number of benzene rings is 1. The van der Waals surface area contributed by atoms with E-state index in [1.165, 1.54) is 0 Å². The molecular weight excluding hydrogens is 271 g/mol. The topological polar surface area (TPSA) is 27.7 Å². The Bertz CT molecular complexity index is 455. The Balaban J connectivity index is 2.23. The summed E-state index contributed by atoms with van der Waals surface area (Å²) in [6, 6.07) is 5.36. The standard InChI is InChI=1S/C17H25FO3/c1-4-5-6-10-15(19-3)13-8-7-9-14(16(13)18)17(2)20-11-12-21-17/h7-9,15H,4-6,10-12H2,1-3H3. The summed E-state index contributed by atoms with van der Waals surface area (Å²) in [6.45, 7) is 4.90. The van der Waals surface area contributed by atoms with E-state index in [1.54, 1.807) is 26.2 Å². The highest BCUT2D eigenvalue weighted by molar-refractivity contribution is 5.31. The molecule has 1 heterocycles. The molecule has 1 aromatic rings. The predicted octanol–water partition coefficient (Wildman–Crippen LogP) is 4.31. The molecular formula is C17H25FO3. The summed E-state index contributed by atoms with van der Waals surface area (Å²) in [5.74, 6) is -1.26. The second kappa shape index (κ2) is 7.34. The van der Waals surface area contributed by atoms with Gasteiger partial charge < -0.3 is 14.2 Å². The van der Waals surface area contributed by atoms with Gasteiger partial charge in [0.25, 0.3) is 0 Å². The molecule has 3 nitrogen and oxygen atoms in total. The number of methoxy groups -OCH3 is 1. The Morgan fingerprint density at radius 1 is 1.29 bits per heavy atom. The normalized spacial score (nSPS) is 18.9. The maximum Gasteiger partial charge on any atom is 0.194 e. The van der Waals surface area contributed by atoms with Crippen LogP contribution in [-0.4, -0.2) is 20.3 Å². The molecule has 4 heteroatoms. The van der Waals surface area contributed by atoms with Crippen molar-refractivity contribution >= 4 is 0 Å². The first-order valence-corrected chi connectivity index (χ1v) is 7.72. The van der Waals surface area contributed by atoms with Gasteiger partial charge >= 0.3 is 0 Å². The van der Waals surface area contributed by atoms with Crippen LogP contribution in [-0.2, 0) is 20.0 Å². The van der Waals surface area contributed by atoms with E-state index in [4.69, 9.17) is 14.2 Å². The lowest BCUT2D eigenvalue weighted by Crippen LogP contribution is -2.25. The molecule has 0 N–H and O–H groups in total. The number of ether oxygens (including phenoxy) is 3. The van der Waals surface area contributed by atoms with E-state index in [2.05, 4.69) is 6.92 Å². The fourth-order valence-electron chi connectivity index (χ4n) is 2.80. The molecule has 0 bridgehead atoms. The van der Waals surface area contributed by atoms with E-state index in [0.29, 0.717) is 24.3 Å². The third-order valence-electron chi connectivity index (χ3n) is 4.06. The quantitative estimate of drug-likeness (QED) is 0.702. The van der Waals surface area contributed by atoms with Crippen molar-refractivity contribution in [2.24, 2.45) is 0 Å². The summed E-state index contributed by atoms with van der Waals surface area (Å²) in [4.78, 5) is 0. The molecule has 1 fully saturated rings. The van der Waals surface area contributed by atoms with Crippen LogP contribution in [0.3, 0.4) is 0 Å². The summed E-state index contributed by atoms with van der Waals surface area (Å²) >= 11 is 0. The van der Waals surface area contributed by atoms with Crippen LogP contribution in [0.1, 0.15) is 56.8 Å². The number of hydrogen-bond donors (Lipinski definition) is 0. The highest BCUT2D eigenvalue weighted by Crippen LogP contribution is 2.36. The van der Waals surface area contributed by atoms with Gasteiger partial charge in [-0.25, -0.2) is 4.39 Å². The van der Waals surface area contributed by atoms with Crippen molar-refractivity contribution in [2.45, 2.75) is 51.4 Å². The fraction of sp³-hybridized carbons (Fsp3) is 0.647. The van der Waals surface area contributed by atoms with Crippen molar-refractivity contribution < 1.29 is 18.6 Å². The van der Waals surface area contributed by atoms with Crippen molar-refractivity contribution in [1.82, 2.24) is 0 Å². The van der Waals surface area contributed by atoms with Crippen molar-refractivity contribution in [3.05, 3.63) is 35.1 Å². The average Bonchev–Trinajstić information content (AvgIpc) is 2.92. The minimum atomic E-state index is -0.984. The van der Waals surface area contributed by atoms with Gasteiger partial charge in [0.2, 0.25) is 0 Å². The third-order valence-corrected chi connectivity index (χ3v) is 4.06. The monoisotopic (exact) mass is 296 g/mol. The van der Waals surface area contributed by atoms with Crippen LogP contribution in [0.5, 0.6) is 0 Å².